The van der Waals surface area contributed by atoms with Gasteiger partial charge in [-0.05, 0) is 35.9 Å². The Bertz CT molecular complexity index is 1370. The lowest BCUT2D eigenvalue weighted by Gasteiger charge is -2.10. The predicted octanol–water partition coefficient (Wildman–Crippen LogP) is 3.56. The molecule has 0 aliphatic heterocycles. The lowest BCUT2D eigenvalue weighted by molar-refractivity contribution is 0.355. The molecule has 0 saturated heterocycles. The third kappa shape index (κ3) is 3.64. The van der Waals surface area contributed by atoms with Crippen LogP contribution in [0.4, 0.5) is 0 Å². The molecule has 0 unspecified atom stereocenters. The Labute approximate surface area is 179 Å². The number of halogens is 1. The van der Waals surface area contributed by atoms with Crippen molar-refractivity contribution >= 4 is 45.3 Å². The fourth-order valence-electron chi connectivity index (χ4n) is 2.96. The summed E-state index contributed by atoms with van der Waals surface area (Å²) in [5, 5.41) is 4.50. The van der Waals surface area contributed by atoms with E-state index in [1.807, 2.05) is 24.3 Å². The molecule has 10 heteroatoms. The standard InChI is InChI=1S/C20H16ClN3O5S/c1-27-14-9-7-12(17(21)18(14)28-2)8-10-16-22-24(19(25)29-16)11-23-13-5-3-4-6-15(13)30-20(23)26/h3-10H,11H2,1-2H3. The summed E-state index contributed by atoms with van der Waals surface area (Å²) in [7, 11) is 3.01. The quantitative estimate of drug-likeness (QED) is 0.451. The molecule has 0 aliphatic rings. The van der Waals surface area contributed by atoms with Gasteiger partial charge in [0.05, 0.1) is 29.5 Å². The van der Waals surface area contributed by atoms with Crippen molar-refractivity contribution in [1.29, 1.82) is 0 Å². The molecule has 2 aromatic heterocycles. The minimum absolute atomic E-state index is 0.0455. The maximum atomic E-state index is 12.3. The third-order valence-electron chi connectivity index (χ3n) is 4.39. The zero-order valence-corrected chi connectivity index (χ0v) is 17.6. The molecule has 0 bridgehead atoms. The number of aromatic nitrogens is 3. The summed E-state index contributed by atoms with van der Waals surface area (Å²) in [5.74, 6) is 0.314. The summed E-state index contributed by atoms with van der Waals surface area (Å²) in [6.07, 6.45) is 3.16. The molecular formula is C20H16ClN3O5S. The second-order valence-corrected chi connectivity index (χ2v) is 7.52. The van der Waals surface area contributed by atoms with Crippen LogP contribution in [0.1, 0.15) is 11.5 Å². The molecule has 30 heavy (non-hydrogen) atoms. The van der Waals surface area contributed by atoms with Gasteiger partial charge in [-0.25, -0.2) is 4.79 Å². The van der Waals surface area contributed by atoms with Gasteiger partial charge in [0.1, 0.15) is 6.67 Å². The number of nitrogens with zero attached hydrogens (tertiary/aromatic N) is 3. The first kappa shape index (κ1) is 20.0. The van der Waals surface area contributed by atoms with Gasteiger partial charge in [0.25, 0.3) is 0 Å². The molecule has 0 atom stereocenters. The van der Waals surface area contributed by atoms with Crippen molar-refractivity contribution in [2.75, 3.05) is 14.2 Å². The Balaban J connectivity index is 1.63. The third-order valence-corrected chi connectivity index (χ3v) is 5.74. The van der Waals surface area contributed by atoms with E-state index in [4.69, 9.17) is 25.5 Å². The second kappa shape index (κ2) is 8.21. The normalized spacial score (nSPS) is 11.4. The van der Waals surface area contributed by atoms with E-state index in [0.29, 0.717) is 22.1 Å². The molecule has 0 aliphatic carbocycles. The maximum Gasteiger partial charge on any atom is 0.439 e. The van der Waals surface area contributed by atoms with Crippen LogP contribution in [-0.4, -0.2) is 28.6 Å². The van der Waals surface area contributed by atoms with E-state index in [1.54, 1.807) is 18.2 Å². The molecule has 4 rings (SSSR count). The van der Waals surface area contributed by atoms with Crippen LogP contribution in [0.25, 0.3) is 22.4 Å². The van der Waals surface area contributed by atoms with Crippen molar-refractivity contribution in [2.24, 2.45) is 0 Å². The van der Waals surface area contributed by atoms with Crippen LogP contribution >= 0.6 is 22.9 Å². The van der Waals surface area contributed by atoms with Crippen molar-refractivity contribution in [3.63, 3.8) is 0 Å². The van der Waals surface area contributed by atoms with Crippen LogP contribution in [0.3, 0.4) is 0 Å². The van der Waals surface area contributed by atoms with Crippen LogP contribution in [-0.2, 0) is 6.67 Å². The van der Waals surface area contributed by atoms with E-state index < -0.39 is 5.76 Å². The van der Waals surface area contributed by atoms with Crippen molar-refractivity contribution in [3.8, 4) is 11.5 Å². The number of hydrogen-bond acceptors (Lipinski definition) is 7. The van der Waals surface area contributed by atoms with E-state index >= 15 is 0 Å². The molecule has 0 N–H and O–H groups in total. The molecule has 0 saturated carbocycles. The lowest BCUT2D eigenvalue weighted by Crippen LogP contribution is -2.25. The monoisotopic (exact) mass is 445 g/mol. The zero-order valence-electron chi connectivity index (χ0n) is 16.0. The lowest BCUT2D eigenvalue weighted by atomic mass is 10.2. The van der Waals surface area contributed by atoms with Crippen molar-refractivity contribution in [2.45, 2.75) is 6.67 Å². The average Bonchev–Trinajstić information content (AvgIpc) is 3.26. The highest BCUT2D eigenvalue weighted by atomic mass is 35.5. The molecule has 2 aromatic carbocycles. The van der Waals surface area contributed by atoms with Gasteiger partial charge < -0.3 is 13.9 Å². The number of ether oxygens (including phenoxy) is 2. The Hall–Kier alpha value is -3.30. The summed E-state index contributed by atoms with van der Waals surface area (Å²) in [4.78, 5) is 24.3. The Morgan fingerprint density at radius 3 is 2.70 bits per heavy atom. The number of hydrogen-bond donors (Lipinski definition) is 0. The molecule has 2 heterocycles. The number of para-hydroxylation sites is 1. The number of methoxy groups -OCH3 is 2. The van der Waals surface area contributed by atoms with Crippen molar-refractivity contribution in [1.82, 2.24) is 14.3 Å². The minimum atomic E-state index is -0.671. The molecule has 4 aromatic rings. The fraction of sp³-hybridized carbons (Fsp3) is 0.150. The van der Waals surface area contributed by atoms with E-state index in [-0.39, 0.29) is 17.4 Å². The van der Waals surface area contributed by atoms with Crippen molar-refractivity contribution in [3.05, 3.63) is 73.1 Å². The summed E-state index contributed by atoms with van der Waals surface area (Å²) in [6.45, 7) is -0.0455. The zero-order chi connectivity index (χ0) is 21.3. The van der Waals surface area contributed by atoms with Gasteiger partial charge in [0.2, 0.25) is 5.89 Å². The summed E-state index contributed by atoms with van der Waals surface area (Å²) >= 11 is 7.46. The molecule has 0 spiro atoms. The Morgan fingerprint density at radius 1 is 1.13 bits per heavy atom. The van der Waals surface area contributed by atoms with E-state index in [0.717, 1.165) is 26.2 Å². The van der Waals surface area contributed by atoms with Gasteiger partial charge in [-0.15, -0.1) is 5.10 Å². The first-order chi connectivity index (χ1) is 14.5. The molecule has 8 nitrogen and oxygen atoms in total. The Kier molecular flexibility index (Phi) is 5.47. The molecule has 0 fully saturated rings. The van der Waals surface area contributed by atoms with Gasteiger partial charge in [0.15, 0.2) is 11.5 Å². The topological polar surface area (TPSA) is 88.5 Å². The fourth-order valence-corrected chi connectivity index (χ4v) is 4.14. The molecule has 0 amide bonds. The molecule has 154 valence electrons. The van der Waals surface area contributed by atoms with Gasteiger partial charge >= 0.3 is 10.6 Å². The number of benzene rings is 2. The van der Waals surface area contributed by atoms with Crippen LogP contribution in [0, 0.1) is 0 Å². The highest BCUT2D eigenvalue weighted by molar-refractivity contribution is 7.16. The summed E-state index contributed by atoms with van der Waals surface area (Å²) in [5.41, 5.74) is 1.36. The van der Waals surface area contributed by atoms with Gasteiger partial charge in [-0.3, -0.25) is 9.36 Å². The number of rotatable bonds is 6. The van der Waals surface area contributed by atoms with E-state index in [2.05, 4.69) is 5.10 Å². The highest BCUT2D eigenvalue weighted by Crippen LogP contribution is 2.37. The summed E-state index contributed by atoms with van der Waals surface area (Å²) < 4.78 is 19.1. The second-order valence-electron chi connectivity index (χ2n) is 6.15. The molecular weight excluding hydrogens is 430 g/mol. The van der Waals surface area contributed by atoms with Gasteiger partial charge in [-0.1, -0.05) is 35.1 Å². The van der Waals surface area contributed by atoms with Crippen LogP contribution in [0.2, 0.25) is 5.02 Å². The minimum Gasteiger partial charge on any atom is -0.493 e. The smallest absolute Gasteiger partial charge is 0.439 e. The van der Waals surface area contributed by atoms with Gasteiger partial charge in [0, 0.05) is 6.08 Å². The number of thiazole rings is 1. The molecule has 0 radical (unpaired) electrons. The van der Waals surface area contributed by atoms with E-state index in [1.165, 1.54) is 24.9 Å². The van der Waals surface area contributed by atoms with Crippen LogP contribution in [0.15, 0.2) is 50.4 Å². The highest BCUT2D eigenvalue weighted by Gasteiger charge is 2.13. The first-order valence-corrected chi connectivity index (χ1v) is 9.96. The van der Waals surface area contributed by atoms with Crippen molar-refractivity contribution < 1.29 is 13.9 Å². The van der Waals surface area contributed by atoms with E-state index in [9.17, 15) is 9.59 Å². The Morgan fingerprint density at radius 2 is 1.93 bits per heavy atom. The number of fused-ring (bicyclic) bond motifs is 1. The summed E-state index contributed by atoms with van der Waals surface area (Å²) in [6, 6.07) is 10.8. The van der Waals surface area contributed by atoms with Crippen LogP contribution in [0.5, 0.6) is 11.5 Å². The first-order valence-electron chi connectivity index (χ1n) is 8.76. The van der Waals surface area contributed by atoms with Crippen LogP contribution < -0.4 is 20.1 Å². The maximum absolute atomic E-state index is 12.3. The average molecular weight is 446 g/mol. The largest absolute Gasteiger partial charge is 0.493 e. The van der Waals surface area contributed by atoms with Gasteiger partial charge in [-0.2, -0.15) is 4.68 Å². The SMILES string of the molecule is COc1ccc(C=Cc2nn(Cn3c(=O)sc4ccccc43)c(=O)o2)c(Cl)c1OC. The predicted molar refractivity (Wildman–Crippen MR) is 116 cm³/mol.